The zero-order chi connectivity index (χ0) is 17.2. The van der Waals surface area contributed by atoms with Crippen LogP contribution in [0.4, 0.5) is 0 Å². The molecule has 1 aromatic carbocycles. The Labute approximate surface area is 147 Å². The van der Waals surface area contributed by atoms with Crippen molar-refractivity contribution in [2.24, 2.45) is 0 Å². The lowest BCUT2D eigenvalue weighted by Crippen LogP contribution is -2.35. The highest BCUT2D eigenvalue weighted by Gasteiger charge is 2.30. The fourth-order valence-electron chi connectivity index (χ4n) is 3.69. The number of ether oxygens (including phenoxy) is 2. The lowest BCUT2D eigenvalue weighted by Gasteiger charge is -2.25. The molecule has 4 rings (SSSR count). The predicted molar refractivity (Wildman–Crippen MR) is 93.9 cm³/mol. The molecular formula is C20H22N2O3. The molecular weight excluding hydrogens is 316 g/mol. The van der Waals surface area contributed by atoms with Crippen LogP contribution in [0.5, 0.6) is 11.5 Å². The highest BCUT2D eigenvalue weighted by atomic mass is 16.7. The van der Waals surface area contributed by atoms with Crippen molar-refractivity contribution < 1.29 is 14.3 Å². The Morgan fingerprint density at radius 2 is 2.12 bits per heavy atom. The lowest BCUT2D eigenvalue weighted by atomic mass is 10.0. The number of carbonyl (C=O) groups excluding carboxylic acids is 1. The largest absolute Gasteiger partial charge is 0.454 e. The number of benzene rings is 1. The normalized spacial score (nSPS) is 18.6. The van der Waals surface area contributed by atoms with Crippen LogP contribution in [0.1, 0.15) is 40.9 Å². The first kappa shape index (κ1) is 15.9. The molecule has 1 saturated heterocycles. The summed E-state index contributed by atoms with van der Waals surface area (Å²) in [6, 6.07) is 9.93. The van der Waals surface area contributed by atoms with Gasteiger partial charge < -0.3 is 14.4 Å². The maximum Gasteiger partial charge on any atom is 0.254 e. The molecule has 1 aromatic heterocycles. The molecule has 3 heterocycles. The van der Waals surface area contributed by atoms with Gasteiger partial charge in [0, 0.05) is 30.0 Å². The maximum absolute atomic E-state index is 12.9. The lowest BCUT2D eigenvalue weighted by molar-refractivity contribution is 0.0730. The molecule has 1 fully saturated rings. The molecule has 1 amide bonds. The summed E-state index contributed by atoms with van der Waals surface area (Å²) >= 11 is 0. The zero-order valence-electron chi connectivity index (χ0n) is 14.4. The van der Waals surface area contributed by atoms with E-state index in [4.69, 9.17) is 9.47 Å². The summed E-state index contributed by atoms with van der Waals surface area (Å²) in [6.07, 6.45) is 5.95. The second kappa shape index (κ2) is 6.75. The molecule has 0 spiro atoms. The second-order valence-corrected chi connectivity index (χ2v) is 6.71. The maximum atomic E-state index is 12.9. The van der Waals surface area contributed by atoms with E-state index >= 15 is 0 Å². The van der Waals surface area contributed by atoms with Crippen molar-refractivity contribution in [3.8, 4) is 11.5 Å². The fraction of sp³-hybridized carbons (Fsp3) is 0.400. The topological polar surface area (TPSA) is 51.7 Å². The number of aromatic nitrogens is 1. The Morgan fingerprint density at radius 3 is 3.00 bits per heavy atom. The molecule has 0 N–H and O–H groups in total. The van der Waals surface area contributed by atoms with Gasteiger partial charge in [-0.05, 0) is 68.5 Å². The van der Waals surface area contributed by atoms with Crippen molar-refractivity contribution in [2.75, 3.05) is 13.3 Å². The minimum Gasteiger partial charge on any atom is -0.454 e. The summed E-state index contributed by atoms with van der Waals surface area (Å²) < 4.78 is 10.7. The summed E-state index contributed by atoms with van der Waals surface area (Å²) in [5, 5.41) is 0. The summed E-state index contributed by atoms with van der Waals surface area (Å²) in [7, 11) is 0. The Balaban J connectivity index is 1.44. The molecule has 0 aliphatic carbocycles. The van der Waals surface area contributed by atoms with Crippen LogP contribution in [-0.2, 0) is 6.42 Å². The van der Waals surface area contributed by atoms with Crippen LogP contribution >= 0.6 is 0 Å². The standard InChI is InChI=1S/C20H22N2O3/c1-14-11-15(8-9-21-14)4-6-17-3-2-10-22(17)20(23)16-5-7-18-19(12-16)25-13-24-18/h5,7-9,11-12,17H,2-4,6,10,13H2,1H3. The average Bonchev–Trinajstić information content (AvgIpc) is 3.27. The number of pyridine rings is 1. The molecule has 2 aliphatic rings. The smallest absolute Gasteiger partial charge is 0.254 e. The van der Waals surface area contributed by atoms with Gasteiger partial charge in [0.25, 0.3) is 5.91 Å². The van der Waals surface area contributed by atoms with Gasteiger partial charge in [0.05, 0.1) is 0 Å². The molecule has 5 heteroatoms. The number of hydrogen-bond donors (Lipinski definition) is 0. The van der Waals surface area contributed by atoms with Crippen molar-refractivity contribution in [1.29, 1.82) is 0 Å². The highest BCUT2D eigenvalue weighted by molar-refractivity contribution is 5.95. The van der Waals surface area contributed by atoms with Crippen LogP contribution in [0.15, 0.2) is 36.5 Å². The first-order chi connectivity index (χ1) is 12.2. The van der Waals surface area contributed by atoms with E-state index in [-0.39, 0.29) is 12.7 Å². The van der Waals surface area contributed by atoms with E-state index in [1.54, 1.807) is 6.07 Å². The van der Waals surface area contributed by atoms with E-state index in [9.17, 15) is 4.79 Å². The van der Waals surface area contributed by atoms with Crippen molar-refractivity contribution in [2.45, 2.75) is 38.6 Å². The number of fused-ring (bicyclic) bond motifs is 1. The SMILES string of the molecule is Cc1cc(CCC2CCCN2C(=O)c2ccc3c(c2)OCO3)ccn1. The molecule has 0 bridgehead atoms. The predicted octanol–water partition coefficient (Wildman–Crippen LogP) is 3.36. The minimum atomic E-state index is 0.0895. The molecule has 2 aromatic rings. The number of aryl methyl sites for hydroxylation is 2. The monoisotopic (exact) mass is 338 g/mol. The summed E-state index contributed by atoms with van der Waals surface area (Å²) in [6.45, 7) is 3.06. The van der Waals surface area contributed by atoms with E-state index in [1.165, 1.54) is 5.56 Å². The van der Waals surface area contributed by atoms with Crippen LogP contribution in [-0.4, -0.2) is 35.2 Å². The fourth-order valence-corrected chi connectivity index (χ4v) is 3.69. The molecule has 0 radical (unpaired) electrons. The van der Waals surface area contributed by atoms with E-state index in [0.717, 1.165) is 37.9 Å². The van der Waals surface area contributed by atoms with Gasteiger partial charge in [-0.2, -0.15) is 0 Å². The first-order valence-electron chi connectivity index (χ1n) is 8.83. The van der Waals surface area contributed by atoms with Crippen LogP contribution in [0.3, 0.4) is 0 Å². The molecule has 2 aliphatic heterocycles. The van der Waals surface area contributed by atoms with Gasteiger partial charge in [-0.25, -0.2) is 0 Å². The van der Waals surface area contributed by atoms with Crippen LogP contribution in [0, 0.1) is 6.92 Å². The molecule has 0 saturated carbocycles. The third kappa shape index (κ3) is 3.31. The number of likely N-dealkylation sites (tertiary alicyclic amines) is 1. The van der Waals surface area contributed by atoms with Gasteiger partial charge >= 0.3 is 0 Å². The zero-order valence-corrected chi connectivity index (χ0v) is 14.4. The Hall–Kier alpha value is -2.56. The van der Waals surface area contributed by atoms with Gasteiger partial charge in [-0.1, -0.05) is 0 Å². The van der Waals surface area contributed by atoms with Crippen LogP contribution < -0.4 is 9.47 Å². The summed E-state index contributed by atoms with van der Waals surface area (Å²) in [5.41, 5.74) is 3.00. The van der Waals surface area contributed by atoms with Crippen LogP contribution in [0.2, 0.25) is 0 Å². The van der Waals surface area contributed by atoms with Gasteiger partial charge in [0.15, 0.2) is 11.5 Å². The van der Waals surface area contributed by atoms with E-state index in [1.807, 2.05) is 30.2 Å². The van der Waals surface area contributed by atoms with E-state index < -0.39 is 0 Å². The third-order valence-electron chi connectivity index (χ3n) is 4.98. The summed E-state index contributed by atoms with van der Waals surface area (Å²) in [5.74, 6) is 1.46. The number of carbonyl (C=O) groups is 1. The molecule has 1 unspecified atom stereocenters. The first-order valence-corrected chi connectivity index (χ1v) is 8.83. The van der Waals surface area contributed by atoms with Gasteiger partial charge in [0.1, 0.15) is 0 Å². The number of hydrogen-bond acceptors (Lipinski definition) is 4. The Morgan fingerprint density at radius 1 is 1.24 bits per heavy atom. The van der Waals surface area contributed by atoms with E-state index in [0.29, 0.717) is 23.1 Å². The molecule has 25 heavy (non-hydrogen) atoms. The number of amides is 1. The second-order valence-electron chi connectivity index (χ2n) is 6.71. The average molecular weight is 338 g/mol. The molecule has 1 atom stereocenters. The van der Waals surface area contributed by atoms with Crippen molar-refractivity contribution in [1.82, 2.24) is 9.88 Å². The van der Waals surface area contributed by atoms with Crippen molar-refractivity contribution in [3.05, 3.63) is 53.3 Å². The molecule has 5 nitrogen and oxygen atoms in total. The van der Waals surface area contributed by atoms with Crippen molar-refractivity contribution >= 4 is 5.91 Å². The molecule has 130 valence electrons. The third-order valence-corrected chi connectivity index (χ3v) is 4.98. The number of nitrogens with zero attached hydrogens (tertiary/aromatic N) is 2. The minimum absolute atomic E-state index is 0.0895. The van der Waals surface area contributed by atoms with Crippen LogP contribution in [0.25, 0.3) is 0 Å². The van der Waals surface area contributed by atoms with Crippen molar-refractivity contribution in [3.63, 3.8) is 0 Å². The Kier molecular flexibility index (Phi) is 4.30. The van der Waals surface area contributed by atoms with E-state index in [2.05, 4.69) is 17.1 Å². The quantitative estimate of drug-likeness (QED) is 0.858. The van der Waals surface area contributed by atoms with Gasteiger partial charge in [-0.15, -0.1) is 0 Å². The summed E-state index contributed by atoms with van der Waals surface area (Å²) in [4.78, 5) is 19.2. The highest BCUT2D eigenvalue weighted by Crippen LogP contribution is 2.33. The number of rotatable bonds is 4. The van der Waals surface area contributed by atoms with Gasteiger partial charge in [-0.3, -0.25) is 9.78 Å². The Bertz CT molecular complexity index is 790. The van der Waals surface area contributed by atoms with Gasteiger partial charge in [0.2, 0.25) is 6.79 Å².